The molecule has 0 aliphatic heterocycles. The molecule has 0 saturated carbocycles. The van der Waals surface area contributed by atoms with Gasteiger partial charge in [0, 0.05) is 13.6 Å². The number of nitrogens with zero attached hydrogens (tertiary/aromatic N) is 3. The summed E-state index contributed by atoms with van der Waals surface area (Å²) in [6.07, 6.45) is 4.72. The van der Waals surface area contributed by atoms with Gasteiger partial charge in [0.2, 0.25) is 0 Å². The summed E-state index contributed by atoms with van der Waals surface area (Å²) in [5.41, 5.74) is 5.65. The van der Waals surface area contributed by atoms with Crippen molar-refractivity contribution < 1.29 is 8.42 Å². The summed E-state index contributed by atoms with van der Waals surface area (Å²) >= 11 is 0. The summed E-state index contributed by atoms with van der Waals surface area (Å²) in [6.45, 7) is 0.827. The summed E-state index contributed by atoms with van der Waals surface area (Å²) in [7, 11) is -2.05. The van der Waals surface area contributed by atoms with E-state index in [1.54, 1.807) is 0 Å². The molecule has 3 N–H and O–H groups in total. The number of rotatable bonds is 6. The lowest BCUT2D eigenvalue weighted by atomic mass is 10.4. The second kappa shape index (κ2) is 5.73. The SMILES string of the molecule is CN(CCCN)S(=O)(=O)Nc1cncnc1. The van der Waals surface area contributed by atoms with Gasteiger partial charge in [-0.15, -0.1) is 0 Å². The Bertz CT molecular complexity index is 408. The maximum absolute atomic E-state index is 11.7. The van der Waals surface area contributed by atoms with Crippen LogP contribution in [0, 0.1) is 0 Å². The fourth-order valence-corrected chi connectivity index (χ4v) is 1.94. The van der Waals surface area contributed by atoms with Crippen molar-refractivity contribution in [2.75, 3.05) is 24.9 Å². The van der Waals surface area contributed by atoms with E-state index in [0.29, 0.717) is 25.2 Å². The molecule has 1 heterocycles. The molecule has 1 aromatic rings. The molecule has 0 aliphatic carbocycles. The van der Waals surface area contributed by atoms with Crippen molar-refractivity contribution >= 4 is 15.9 Å². The summed E-state index contributed by atoms with van der Waals surface area (Å²) in [4.78, 5) is 7.43. The Morgan fingerprint density at radius 1 is 1.44 bits per heavy atom. The molecule has 0 saturated heterocycles. The maximum Gasteiger partial charge on any atom is 0.301 e. The number of nitrogens with two attached hydrogens (primary N) is 1. The van der Waals surface area contributed by atoms with Crippen molar-refractivity contribution in [2.45, 2.75) is 6.42 Å². The molecule has 1 aromatic heterocycles. The molecule has 0 spiro atoms. The summed E-state index contributed by atoms with van der Waals surface area (Å²) in [5, 5.41) is 0. The second-order valence-electron chi connectivity index (χ2n) is 3.20. The third-order valence-corrected chi connectivity index (χ3v) is 3.39. The quantitative estimate of drug-likeness (QED) is 0.698. The zero-order valence-electron chi connectivity index (χ0n) is 9.00. The molecule has 1 rings (SSSR count). The minimum Gasteiger partial charge on any atom is -0.330 e. The zero-order valence-corrected chi connectivity index (χ0v) is 9.81. The third-order valence-electron chi connectivity index (χ3n) is 1.89. The first-order chi connectivity index (χ1) is 7.56. The smallest absolute Gasteiger partial charge is 0.301 e. The van der Waals surface area contributed by atoms with Gasteiger partial charge in [0.25, 0.3) is 0 Å². The molecular formula is C8H15N5O2S. The lowest BCUT2D eigenvalue weighted by Crippen LogP contribution is -2.34. The fraction of sp³-hybridized carbons (Fsp3) is 0.500. The van der Waals surface area contributed by atoms with Crippen molar-refractivity contribution in [1.82, 2.24) is 14.3 Å². The van der Waals surface area contributed by atoms with Crippen LogP contribution in [0.4, 0.5) is 5.69 Å². The maximum atomic E-state index is 11.7. The molecule has 8 heteroatoms. The summed E-state index contributed by atoms with van der Waals surface area (Å²) in [5.74, 6) is 0. The highest BCUT2D eigenvalue weighted by Gasteiger charge is 2.16. The topological polar surface area (TPSA) is 101 Å². The van der Waals surface area contributed by atoms with E-state index in [-0.39, 0.29) is 0 Å². The molecule has 0 unspecified atom stereocenters. The summed E-state index contributed by atoms with van der Waals surface area (Å²) in [6, 6.07) is 0. The van der Waals surface area contributed by atoms with Crippen LogP contribution in [0.3, 0.4) is 0 Å². The van der Waals surface area contributed by atoms with Crippen molar-refractivity contribution in [1.29, 1.82) is 0 Å². The van der Waals surface area contributed by atoms with E-state index in [4.69, 9.17) is 5.73 Å². The molecule has 90 valence electrons. The lowest BCUT2D eigenvalue weighted by molar-refractivity contribution is 0.468. The average Bonchev–Trinajstić information content (AvgIpc) is 2.26. The van der Waals surface area contributed by atoms with Crippen molar-refractivity contribution in [3.8, 4) is 0 Å². The predicted molar refractivity (Wildman–Crippen MR) is 60.9 cm³/mol. The molecule has 0 fully saturated rings. The summed E-state index contributed by atoms with van der Waals surface area (Å²) < 4.78 is 27.0. The van der Waals surface area contributed by atoms with E-state index in [9.17, 15) is 8.42 Å². The highest BCUT2D eigenvalue weighted by Crippen LogP contribution is 2.06. The van der Waals surface area contributed by atoms with E-state index in [1.807, 2.05) is 0 Å². The van der Waals surface area contributed by atoms with E-state index in [0.717, 1.165) is 0 Å². The molecule has 0 bridgehead atoms. The van der Waals surface area contributed by atoms with Gasteiger partial charge in [-0.1, -0.05) is 0 Å². The Morgan fingerprint density at radius 3 is 2.62 bits per heavy atom. The zero-order chi connectivity index (χ0) is 12.0. The highest BCUT2D eigenvalue weighted by molar-refractivity contribution is 7.90. The van der Waals surface area contributed by atoms with Crippen LogP contribution in [0.25, 0.3) is 0 Å². The van der Waals surface area contributed by atoms with Gasteiger partial charge >= 0.3 is 10.2 Å². The number of anilines is 1. The monoisotopic (exact) mass is 245 g/mol. The number of aromatic nitrogens is 2. The molecule has 16 heavy (non-hydrogen) atoms. The van der Waals surface area contributed by atoms with Crippen molar-refractivity contribution in [3.05, 3.63) is 18.7 Å². The lowest BCUT2D eigenvalue weighted by Gasteiger charge is -2.17. The Balaban J connectivity index is 2.65. The first-order valence-corrected chi connectivity index (χ1v) is 6.19. The van der Waals surface area contributed by atoms with Gasteiger partial charge in [-0.25, -0.2) is 9.97 Å². The van der Waals surface area contributed by atoms with Crippen LogP contribution >= 0.6 is 0 Å². The highest BCUT2D eigenvalue weighted by atomic mass is 32.2. The van der Waals surface area contributed by atoms with Gasteiger partial charge < -0.3 is 5.73 Å². The second-order valence-corrected chi connectivity index (χ2v) is 4.98. The average molecular weight is 245 g/mol. The molecule has 0 amide bonds. The van der Waals surface area contributed by atoms with Gasteiger partial charge in [0.15, 0.2) is 0 Å². The molecule has 0 atom stereocenters. The molecule has 0 aromatic carbocycles. The molecule has 0 radical (unpaired) electrons. The van der Waals surface area contributed by atoms with Crippen LogP contribution < -0.4 is 10.5 Å². The Kier molecular flexibility index (Phi) is 4.59. The molecule has 0 aliphatic rings. The van der Waals surface area contributed by atoms with Gasteiger partial charge in [-0.2, -0.15) is 12.7 Å². The number of nitrogens with one attached hydrogen (secondary N) is 1. The van der Waals surface area contributed by atoms with E-state index >= 15 is 0 Å². The minimum absolute atomic E-state index is 0.335. The molecule has 7 nitrogen and oxygen atoms in total. The van der Waals surface area contributed by atoms with Crippen LogP contribution in [0.1, 0.15) is 6.42 Å². The van der Waals surface area contributed by atoms with Gasteiger partial charge in [0.1, 0.15) is 6.33 Å². The van der Waals surface area contributed by atoms with Gasteiger partial charge in [-0.3, -0.25) is 4.72 Å². The largest absolute Gasteiger partial charge is 0.330 e. The van der Waals surface area contributed by atoms with E-state index < -0.39 is 10.2 Å². The number of hydrogen-bond donors (Lipinski definition) is 2. The van der Waals surface area contributed by atoms with E-state index in [1.165, 1.54) is 30.1 Å². The normalized spacial score (nSPS) is 11.7. The van der Waals surface area contributed by atoms with Crippen molar-refractivity contribution in [3.63, 3.8) is 0 Å². The first kappa shape index (κ1) is 12.8. The molecular weight excluding hydrogens is 230 g/mol. The van der Waals surface area contributed by atoms with Crippen LogP contribution in [-0.2, 0) is 10.2 Å². The standard InChI is InChI=1S/C8H15N5O2S/c1-13(4-2-3-9)16(14,15)12-8-5-10-7-11-6-8/h5-7,12H,2-4,9H2,1H3. The van der Waals surface area contributed by atoms with Crippen LogP contribution in [0.2, 0.25) is 0 Å². The van der Waals surface area contributed by atoms with Crippen LogP contribution in [0.5, 0.6) is 0 Å². The van der Waals surface area contributed by atoms with Gasteiger partial charge in [-0.05, 0) is 13.0 Å². The Morgan fingerprint density at radius 2 is 2.06 bits per heavy atom. The van der Waals surface area contributed by atoms with Gasteiger partial charge in [0.05, 0.1) is 18.1 Å². The predicted octanol–water partition coefficient (Wildman–Crippen LogP) is -0.586. The third kappa shape index (κ3) is 3.72. The van der Waals surface area contributed by atoms with Crippen LogP contribution in [0.15, 0.2) is 18.7 Å². The fourth-order valence-electron chi connectivity index (χ4n) is 1.01. The Labute approximate surface area is 94.9 Å². The minimum atomic E-state index is -3.54. The Hall–Kier alpha value is -1.25. The first-order valence-electron chi connectivity index (χ1n) is 4.75. The van der Waals surface area contributed by atoms with E-state index in [2.05, 4.69) is 14.7 Å². The van der Waals surface area contributed by atoms with Crippen LogP contribution in [-0.4, -0.2) is 42.8 Å². The number of hydrogen-bond acceptors (Lipinski definition) is 5. The van der Waals surface area contributed by atoms with Crippen molar-refractivity contribution in [2.24, 2.45) is 5.73 Å².